The molecule has 2 amide bonds. The maximum absolute atomic E-state index is 13.6. The van der Waals surface area contributed by atoms with Crippen LogP contribution < -0.4 is 10.2 Å². The van der Waals surface area contributed by atoms with Crippen molar-refractivity contribution in [2.45, 2.75) is 25.3 Å². The number of halogens is 2. The standard InChI is InChI=1S/C28H27ClFN3O2/c1-18-7-12-25-21(15-18)22-16-33(2,17-27(34)31-24-6-4-3-5-23(24)29)14-13-26(22)32(25)28(35)19-8-10-20(30)11-9-19/h3-12,15,22,26H,13-14,16-17H2,1-2H3/p+1. The molecule has 2 aliphatic heterocycles. The van der Waals surface area contributed by atoms with Gasteiger partial charge in [-0.05, 0) is 55.0 Å². The van der Waals surface area contributed by atoms with E-state index in [2.05, 4.69) is 18.4 Å². The molecule has 35 heavy (non-hydrogen) atoms. The fraction of sp³-hybridized carbons (Fsp3) is 0.286. The fourth-order valence-electron chi connectivity index (χ4n) is 5.55. The molecular formula is C28H28ClFN3O2+. The smallest absolute Gasteiger partial charge is 0.279 e. The van der Waals surface area contributed by atoms with E-state index in [1.54, 1.807) is 24.3 Å². The predicted octanol–water partition coefficient (Wildman–Crippen LogP) is 5.39. The van der Waals surface area contributed by atoms with E-state index in [0.717, 1.165) is 36.3 Å². The molecule has 0 aromatic heterocycles. The molecule has 5 rings (SSSR count). The van der Waals surface area contributed by atoms with Gasteiger partial charge in [-0.1, -0.05) is 41.4 Å². The number of likely N-dealkylation sites (N-methyl/N-ethyl adjacent to an activating group) is 1. The summed E-state index contributed by atoms with van der Waals surface area (Å²) in [5.41, 5.74) is 4.27. The van der Waals surface area contributed by atoms with Crippen molar-refractivity contribution in [3.05, 3.63) is 94.3 Å². The number of quaternary nitrogens is 1. The van der Waals surface area contributed by atoms with E-state index in [9.17, 15) is 14.0 Å². The van der Waals surface area contributed by atoms with Crippen molar-refractivity contribution in [3.8, 4) is 0 Å². The minimum absolute atomic E-state index is 0.00202. The number of carbonyl (C=O) groups excluding carboxylic acids is 2. The van der Waals surface area contributed by atoms with Gasteiger partial charge in [0, 0.05) is 17.7 Å². The Morgan fingerprint density at radius 3 is 2.60 bits per heavy atom. The van der Waals surface area contributed by atoms with Crippen LogP contribution in [0.5, 0.6) is 0 Å². The van der Waals surface area contributed by atoms with E-state index >= 15 is 0 Å². The first-order valence-electron chi connectivity index (χ1n) is 11.8. The summed E-state index contributed by atoms with van der Waals surface area (Å²) in [5, 5.41) is 3.45. The molecule has 3 atom stereocenters. The number of amides is 2. The number of rotatable bonds is 4. The number of anilines is 2. The number of nitrogens with zero attached hydrogens (tertiary/aromatic N) is 2. The van der Waals surface area contributed by atoms with Gasteiger partial charge < -0.3 is 14.7 Å². The molecule has 3 aromatic carbocycles. The fourth-order valence-corrected chi connectivity index (χ4v) is 5.73. The van der Waals surface area contributed by atoms with Gasteiger partial charge in [-0.15, -0.1) is 0 Å². The number of para-hydroxylation sites is 1. The van der Waals surface area contributed by atoms with Crippen LogP contribution in [0.2, 0.25) is 5.02 Å². The number of likely N-dealkylation sites (tertiary alicyclic amines) is 1. The number of benzene rings is 3. The van der Waals surface area contributed by atoms with Gasteiger partial charge in [0.05, 0.1) is 42.8 Å². The summed E-state index contributed by atoms with van der Waals surface area (Å²) in [7, 11) is 2.10. The van der Waals surface area contributed by atoms with Gasteiger partial charge in [0.15, 0.2) is 6.54 Å². The van der Waals surface area contributed by atoms with Crippen molar-refractivity contribution in [1.82, 2.24) is 0 Å². The Morgan fingerprint density at radius 2 is 1.86 bits per heavy atom. The molecule has 180 valence electrons. The summed E-state index contributed by atoms with van der Waals surface area (Å²) in [6.07, 6.45) is 0.765. The molecule has 5 nitrogen and oxygen atoms in total. The molecule has 0 radical (unpaired) electrons. The highest BCUT2D eigenvalue weighted by atomic mass is 35.5. The summed E-state index contributed by atoms with van der Waals surface area (Å²) in [6, 6.07) is 19.1. The lowest BCUT2D eigenvalue weighted by Crippen LogP contribution is -2.58. The SMILES string of the molecule is Cc1ccc2c(c1)C1C[N+](C)(CC(=O)Nc3ccccc3Cl)CCC1N2C(=O)c1ccc(F)cc1. The summed E-state index contributed by atoms with van der Waals surface area (Å²) in [4.78, 5) is 28.4. The molecule has 0 bridgehead atoms. The van der Waals surface area contributed by atoms with Gasteiger partial charge in [-0.25, -0.2) is 4.39 Å². The lowest BCUT2D eigenvalue weighted by molar-refractivity contribution is -0.907. The zero-order chi connectivity index (χ0) is 24.7. The van der Waals surface area contributed by atoms with E-state index in [1.165, 1.54) is 12.1 Å². The zero-order valence-corrected chi connectivity index (χ0v) is 20.6. The molecule has 3 unspecified atom stereocenters. The molecule has 2 heterocycles. The summed E-state index contributed by atoms with van der Waals surface area (Å²) in [5.74, 6) is -0.449. The second-order valence-corrected chi connectivity index (χ2v) is 10.3. The highest BCUT2D eigenvalue weighted by Gasteiger charge is 2.49. The first-order valence-corrected chi connectivity index (χ1v) is 12.2. The topological polar surface area (TPSA) is 49.4 Å². The molecule has 0 saturated carbocycles. The van der Waals surface area contributed by atoms with Gasteiger partial charge >= 0.3 is 0 Å². The van der Waals surface area contributed by atoms with Crippen LogP contribution in [-0.4, -0.2) is 49.0 Å². The Morgan fingerprint density at radius 1 is 1.11 bits per heavy atom. The molecular weight excluding hydrogens is 465 g/mol. The van der Waals surface area contributed by atoms with E-state index in [-0.39, 0.29) is 29.6 Å². The van der Waals surface area contributed by atoms with Crippen LogP contribution in [0.15, 0.2) is 66.7 Å². The molecule has 2 aliphatic rings. The van der Waals surface area contributed by atoms with Crippen molar-refractivity contribution >= 4 is 34.8 Å². The Labute approximate surface area is 209 Å². The van der Waals surface area contributed by atoms with Crippen LogP contribution in [0.3, 0.4) is 0 Å². The molecule has 3 aromatic rings. The van der Waals surface area contributed by atoms with E-state index in [4.69, 9.17) is 11.6 Å². The van der Waals surface area contributed by atoms with Crippen molar-refractivity contribution in [3.63, 3.8) is 0 Å². The predicted molar refractivity (Wildman–Crippen MR) is 136 cm³/mol. The number of hydrogen-bond donors (Lipinski definition) is 1. The van der Waals surface area contributed by atoms with Crippen LogP contribution in [0.4, 0.5) is 15.8 Å². The van der Waals surface area contributed by atoms with E-state index in [0.29, 0.717) is 27.3 Å². The maximum Gasteiger partial charge on any atom is 0.279 e. The number of fused-ring (bicyclic) bond motifs is 3. The molecule has 1 N–H and O–H groups in total. The lowest BCUT2D eigenvalue weighted by atomic mass is 9.87. The molecule has 1 fully saturated rings. The van der Waals surface area contributed by atoms with E-state index in [1.807, 2.05) is 36.1 Å². The third kappa shape index (κ3) is 4.56. The molecule has 7 heteroatoms. The average molecular weight is 493 g/mol. The van der Waals surface area contributed by atoms with E-state index < -0.39 is 0 Å². The van der Waals surface area contributed by atoms with Gasteiger partial charge in [-0.2, -0.15) is 0 Å². The number of hydrogen-bond acceptors (Lipinski definition) is 2. The third-order valence-electron chi connectivity index (χ3n) is 7.22. The second kappa shape index (κ2) is 9.10. The normalized spacial score (nSPS) is 22.9. The van der Waals surface area contributed by atoms with Crippen molar-refractivity contribution in [2.24, 2.45) is 0 Å². The van der Waals surface area contributed by atoms with Crippen LogP contribution in [-0.2, 0) is 4.79 Å². The number of carbonyl (C=O) groups is 2. The maximum atomic E-state index is 13.6. The van der Waals surface area contributed by atoms with Gasteiger partial charge in [0.25, 0.3) is 11.8 Å². The average Bonchev–Trinajstić information content (AvgIpc) is 3.12. The lowest BCUT2D eigenvalue weighted by Gasteiger charge is -2.43. The van der Waals surface area contributed by atoms with Crippen molar-refractivity contribution < 1.29 is 18.5 Å². The minimum atomic E-state index is -0.363. The third-order valence-corrected chi connectivity index (χ3v) is 7.55. The zero-order valence-electron chi connectivity index (χ0n) is 19.8. The Kier molecular flexibility index (Phi) is 6.11. The van der Waals surface area contributed by atoms with Crippen molar-refractivity contribution in [1.29, 1.82) is 0 Å². The highest BCUT2D eigenvalue weighted by molar-refractivity contribution is 6.33. The van der Waals surface area contributed by atoms with Crippen LogP contribution in [0.25, 0.3) is 0 Å². The monoisotopic (exact) mass is 492 g/mol. The number of aryl methyl sites for hydroxylation is 1. The second-order valence-electron chi connectivity index (χ2n) is 9.92. The largest absolute Gasteiger partial charge is 0.320 e. The summed E-state index contributed by atoms with van der Waals surface area (Å²) in [6.45, 7) is 3.87. The van der Waals surface area contributed by atoms with Crippen molar-refractivity contribution in [2.75, 3.05) is 36.9 Å². The molecule has 0 spiro atoms. The van der Waals surface area contributed by atoms with Crippen LogP contribution in [0.1, 0.15) is 33.8 Å². The molecule has 0 aliphatic carbocycles. The summed E-state index contributed by atoms with van der Waals surface area (Å²) < 4.78 is 14.0. The van der Waals surface area contributed by atoms with Gasteiger partial charge in [-0.3, -0.25) is 9.59 Å². The molecule has 1 saturated heterocycles. The Bertz CT molecular complexity index is 1300. The minimum Gasteiger partial charge on any atom is -0.320 e. The first kappa shape index (κ1) is 23.5. The first-order chi connectivity index (χ1) is 16.7. The quantitative estimate of drug-likeness (QED) is 0.496. The van der Waals surface area contributed by atoms with Gasteiger partial charge in [0.2, 0.25) is 0 Å². The highest BCUT2D eigenvalue weighted by Crippen LogP contribution is 2.47. The number of nitrogens with one attached hydrogen (secondary N) is 1. The summed E-state index contributed by atoms with van der Waals surface area (Å²) >= 11 is 6.22. The number of piperidine rings is 1. The van der Waals surface area contributed by atoms with Crippen LogP contribution in [0, 0.1) is 12.7 Å². The Hall–Kier alpha value is -3.22. The van der Waals surface area contributed by atoms with Gasteiger partial charge in [0.1, 0.15) is 5.82 Å². The van der Waals surface area contributed by atoms with Crippen LogP contribution >= 0.6 is 11.6 Å². The Balaban J connectivity index is 1.40.